The number of benzene rings is 1. The number of hydrogen-bond donors (Lipinski definition) is 0. The standard InChI is InChI=1S/C12H13BNO2/c1-13-10-7-9-8(6-11(10)15-2)4-5-14-12(9)16-3/h4-7H,1-3H3. The molecule has 0 saturated carbocycles. The first-order chi connectivity index (χ1) is 7.80. The molecule has 81 valence electrons. The average molecular weight is 214 g/mol. The van der Waals surface area contributed by atoms with Crippen LogP contribution in [0.3, 0.4) is 0 Å². The molecule has 0 spiro atoms. The molecule has 1 aromatic carbocycles. The van der Waals surface area contributed by atoms with Gasteiger partial charge < -0.3 is 9.47 Å². The average Bonchev–Trinajstić information content (AvgIpc) is 2.36. The quantitative estimate of drug-likeness (QED) is 0.727. The molecule has 0 saturated heterocycles. The highest BCUT2D eigenvalue weighted by atomic mass is 16.5. The van der Waals surface area contributed by atoms with E-state index in [0.717, 1.165) is 22.0 Å². The molecular formula is C12H13BNO2. The van der Waals surface area contributed by atoms with E-state index in [1.54, 1.807) is 20.4 Å². The van der Waals surface area contributed by atoms with Gasteiger partial charge in [-0.3, -0.25) is 0 Å². The number of ether oxygens (including phenoxy) is 2. The molecule has 0 unspecified atom stereocenters. The summed E-state index contributed by atoms with van der Waals surface area (Å²) in [6.07, 6.45) is 1.73. The van der Waals surface area contributed by atoms with Gasteiger partial charge in [0.25, 0.3) is 0 Å². The van der Waals surface area contributed by atoms with Crippen molar-refractivity contribution in [2.75, 3.05) is 14.2 Å². The maximum absolute atomic E-state index is 5.33. The Morgan fingerprint density at radius 1 is 1.19 bits per heavy atom. The van der Waals surface area contributed by atoms with E-state index in [1.165, 1.54) is 0 Å². The summed E-state index contributed by atoms with van der Waals surface area (Å²) >= 11 is 0. The highest BCUT2D eigenvalue weighted by Gasteiger charge is 2.08. The van der Waals surface area contributed by atoms with Crippen LogP contribution in [0.4, 0.5) is 0 Å². The van der Waals surface area contributed by atoms with Crippen LogP contribution in [0.5, 0.6) is 11.6 Å². The maximum atomic E-state index is 5.33. The predicted molar refractivity (Wildman–Crippen MR) is 66.1 cm³/mol. The van der Waals surface area contributed by atoms with E-state index in [0.29, 0.717) is 5.88 Å². The Morgan fingerprint density at radius 2 is 2.00 bits per heavy atom. The van der Waals surface area contributed by atoms with Gasteiger partial charge in [0.05, 0.1) is 14.2 Å². The molecule has 0 aliphatic heterocycles. The summed E-state index contributed by atoms with van der Waals surface area (Å²) < 4.78 is 10.6. The highest BCUT2D eigenvalue weighted by molar-refractivity contribution is 6.53. The third-order valence-electron chi connectivity index (χ3n) is 2.58. The fraction of sp³-hybridized carbons (Fsp3) is 0.250. The van der Waals surface area contributed by atoms with Gasteiger partial charge in [-0.1, -0.05) is 12.9 Å². The molecule has 1 radical (unpaired) electrons. The van der Waals surface area contributed by atoms with Gasteiger partial charge in [-0.15, -0.1) is 0 Å². The highest BCUT2D eigenvalue weighted by Crippen LogP contribution is 2.25. The first kappa shape index (κ1) is 10.8. The first-order valence-electron chi connectivity index (χ1n) is 5.10. The number of pyridine rings is 1. The minimum Gasteiger partial charge on any atom is -0.497 e. The molecule has 0 bridgehead atoms. The van der Waals surface area contributed by atoms with E-state index in [-0.39, 0.29) is 0 Å². The molecule has 1 aromatic heterocycles. The summed E-state index contributed by atoms with van der Waals surface area (Å²) in [7, 11) is 5.30. The fourth-order valence-electron chi connectivity index (χ4n) is 1.76. The molecule has 16 heavy (non-hydrogen) atoms. The van der Waals surface area contributed by atoms with Crippen LogP contribution in [0.15, 0.2) is 24.4 Å². The lowest BCUT2D eigenvalue weighted by Crippen LogP contribution is -2.13. The SMILES string of the molecule is C[B]c1cc2c(OC)nccc2cc1OC. The molecule has 0 N–H and O–H groups in total. The lowest BCUT2D eigenvalue weighted by atomic mass is 9.72. The van der Waals surface area contributed by atoms with Crippen molar-refractivity contribution < 1.29 is 9.47 Å². The van der Waals surface area contributed by atoms with E-state index < -0.39 is 0 Å². The summed E-state index contributed by atoms with van der Waals surface area (Å²) in [6.45, 7) is 1.98. The van der Waals surface area contributed by atoms with Crippen molar-refractivity contribution in [2.24, 2.45) is 0 Å². The van der Waals surface area contributed by atoms with Crippen LogP contribution in [0.1, 0.15) is 0 Å². The number of nitrogens with zero attached hydrogens (tertiary/aromatic N) is 1. The van der Waals surface area contributed by atoms with Crippen LogP contribution < -0.4 is 14.9 Å². The molecular weight excluding hydrogens is 201 g/mol. The monoisotopic (exact) mass is 214 g/mol. The van der Waals surface area contributed by atoms with Crippen molar-refractivity contribution in [3.05, 3.63) is 24.4 Å². The molecule has 0 aliphatic carbocycles. The fourth-order valence-corrected chi connectivity index (χ4v) is 1.76. The maximum Gasteiger partial charge on any atom is 0.221 e. The minimum atomic E-state index is 0.642. The normalized spacial score (nSPS) is 10.2. The second-order valence-electron chi connectivity index (χ2n) is 3.42. The van der Waals surface area contributed by atoms with Crippen molar-refractivity contribution in [1.82, 2.24) is 4.98 Å². The van der Waals surface area contributed by atoms with Crippen molar-refractivity contribution in [1.29, 1.82) is 0 Å². The molecule has 0 atom stereocenters. The Morgan fingerprint density at radius 3 is 2.62 bits per heavy atom. The Hall–Kier alpha value is -1.71. The van der Waals surface area contributed by atoms with E-state index in [2.05, 4.69) is 4.98 Å². The summed E-state index contributed by atoms with van der Waals surface area (Å²) in [6, 6.07) is 5.97. The number of rotatable bonds is 3. The van der Waals surface area contributed by atoms with Crippen molar-refractivity contribution in [2.45, 2.75) is 6.82 Å². The van der Waals surface area contributed by atoms with Crippen LogP contribution in [0.25, 0.3) is 10.8 Å². The van der Waals surface area contributed by atoms with Gasteiger partial charge in [0.2, 0.25) is 5.88 Å². The van der Waals surface area contributed by atoms with E-state index in [9.17, 15) is 0 Å². The van der Waals surface area contributed by atoms with Crippen LogP contribution in [0.2, 0.25) is 6.82 Å². The summed E-state index contributed by atoms with van der Waals surface area (Å²) in [5.41, 5.74) is 1.04. The molecule has 0 amide bonds. The van der Waals surface area contributed by atoms with Crippen LogP contribution in [0, 0.1) is 0 Å². The molecule has 2 rings (SSSR count). The van der Waals surface area contributed by atoms with Crippen LogP contribution >= 0.6 is 0 Å². The predicted octanol–water partition coefficient (Wildman–Crippen LogP) is 1.63. The van der Waals surface area contributed by atoms with Gasteiger partial charge >= 0.3 is 0 Å². The molecule has 3 nitrogen and oxygen atoms in total. The zero-order chi connectivity index (χ0) is 11.5. The van der Waals surface area contributed by atoms with Gasteiger partial charge in [0.1, 0.15) is 5.75 Å². The Balaban J connectivity index is 2.72. The minimum absolute atomic E-state index is 0.642. The lowest BCUT2D eigenvalue weighted by molar-refractivity contribution is 0.403. The van der Waals surface area contributed by atoms with Gasteiger partial charge in [0, 0.05) is 11.6 Å². The first-order valence-corrected chi connectivity index (χ1v) is 5.10. The Kier molecular flexibility index (Phi) is 2.99. The topological polar surface area (TPSA) is 31.4 Å². The zero-order valence-electron chi connectivity index (χ0n) is 9.65. The van der Waals surface area contributed by atoms with E-state index >= 15 is 0 Å². The number of fused-ring (bicyclic) bond motifs is 1. The summed E-state index contributed by atoms with van der Waals surface area (Å²) in [5, 5.41) is 2.06. The Labute approximate surface area is 95.6 Å². The second kappa shape index (κ2) is 4.43. The molecule has 1 heterocycles. The third-order valence-corrected chi connectivity index (χ3v) is 2.58. The van der Waals surface area contributed by atoms with Gasteiger partial charge in [-0.05, 0) is 23.0 Å². The van der Waals surface area contributed by atoms with Crippen molar-refractivity contribution in [3.8, 4) is 11.6 Å². The number of methoxy groups -OCH3 is 2. The smallest absolute Gasteiger partial charge is 0.221 e. The third kappa shape index (κ3) is 1.71. The van der Waals surface area contributed by atoms with Crippen molar-refractivity contribution >= 4 is 23.5 Å². The zero-order valence-corrected chi connectivity index (χ0v) is 9.65. The molecule has 2 aromatic rings. The van der Waals surface area contributed by atoms with Gasteiger partial charge in [0.15, 0.2) is 7.28 Å². The number of aromatic nitrogens is 1. The molecule has 4 heteroatoms. The van der Waals surface area contributed by atoms with Crippen LogP contribution in [-0.2, 0) is 0 Å². The molecule has 0 aliphatic rings. The van der Waals surface area contributed by atoms with Gasteiger partial charge in [-0.25, -0.2) is 4.98 Å². The lowest BCUT2D eigenvalue weighted by Gasteiger charge is -2.10. The van der Waals surface area contributed by atoms with Crippen molar-refractivity contribution in [3.63, 3.8) is 0 Å². The number of hydrogen-bond acceptors (Lipinski definition) is 3. The summed E-state index contributed by atoms with van der Waals surface area (Å²) in [4.78, 5) is 4.18. The second-order valence-corrected chi connectivity index (χ2v) is 3.42. The van der Waals surface area contributed by atoms with E-state index in [4.69, 9.17) is 9.47 Å². The Bertz CT molecular complexity index is 514. The summed E-state index contributed by atoms with van der Waals surface area (Å²) in [5.74, 6) is 1.51. The molecule has 0 fully saturated rings. The van der Waals surface area contributed by atoms with Crippen LogP contribution in [-0.4, -0.2) is 26.5 Å². The largest absolute Gasteiger partial charge is 0.497 e. The van der Waals surface area contributed by atoms with Gasteiger partial charge in [-0.2, -0.15) is 0 Å². The van der Waals surface area contributed by atoms with E-state index in [1.807, 2.05) is 32.3 Å².